The molecular formula is C17H29N2O+. The Morgan fingerprint density at radius 1 is 1.30 bits per heavy atom. The Balaban J connectivity index is 3.20. The Labute approximate surface area is 123 Å². The van der Waals surface area contributed by atoms with Crippen LogP contribution in [0.2, 0.25) is 0 Å². The Morgan fingerprint density at radius 3 is 2.45 bits per heavy atom. The summed E-state index contributed by atoms with van der Waals surface area (Å²) in [6, 6.07) is 0. The third-order valence-corrected chi connectivity index (χ3v) is 3.58. The fourth-order valence-electron chi connectivity index (χ4n) is 2.24. The molecule has 0 aromatic heterocycles. The smallest absolute Gasteiger partial charge is 0.190 e. The molecule has 1 unspecified atom stereocenters. The van der Waals surface area contributed by atoms with Gasteiger partial charge in [-0.05, 0) is 25.8 Å². The van der Waals surface area contributed by atoms with Gasteiger partial charge in [-0.2, -0.15) is 0 Å². The number of hydrogen-bond acceptors (Lipinski definition) is 2. The van der Waals surface area contributed by atoms with Crippen molar-refractivity contribution in [1.29, 1.82) is 0 Å². The topological polar surface area (TPSA) is 15.5 Å². The van der Waals surface area contributed by atoms with Crippen molar-refractivity contribution in [2.45, 2.75) is 40.5 Å². The lowest BCUT2D eigenvalue weighted by molar-refractivity contribution is -0.459. The molecule has 1 heterocycles. The van der Waals surface area contributed by atoms with E-state index in [4.69, 9.17) is 4.74 Å². The molecule has 0 aromatic rings. The lowest BCUT2D eigenvalue weighted by atomic mass is 10.0. The molecule has 20 heavy (non-hydrogen) atoms. The molecule has 3 nitrogen and oxygen atoms in total. The summed E-state index contributed by atoms with van der Waals surface area (Å²) in [7, 11) is 6.19. The van der Waals surface area contributed by atoms with Crippen LogP contribution in [-0.4, -0.2) is 36.8 Å². The summed E-state index contributed by atoms with van der Waals surface area (Å²) in [4.78, 5) is 2.22. The van der Waals surface area contributed by atoms with Crippen molar-refractivity contribution in [3.05, 3.63) is 35.1 Å². The fourth-order valence-corrected chi connectivity index (χ4v) is 2.24. The summed E-state index contributed by atoms with van der Waals surface area (Å²) in [5.74, 6) is 2.67. The van der Waals surface area contributed by atoms with Crippen LogP contribution < -0.4 is 0 Å². The third kappa shape index (κ3) is 3.99. The minimum absolute atomic E-state index is 0.625. The normalized spacial score (nSPS) is 17.6. The number of hydrogen-bond donors (Lipinski definition) is 0. The summed E-state index contributed by atoms with van der Waals surface area (Å²) in [6.07, 6.45) is 8.41. The van der Waals surface area contributed by atoms with Gasteiger partial charge >= 0.3 is 0 Å². The van der Waals surface area contributed by atoms with Gasteiger partial charge in [-0.25, -0.2) is 4.58 Å². The first-order valence-electron chi connectivity index (χ1n) is 7.40. The lowest BCUT2D eigenvalue weighted by Crippen LogP contribution is -2.27. The van der Waals surface area contributed by atoms with E-state index in [1.165, 1.54) is 0 Å². The molecule has 1 aliphatic rings. The third-order valence-electron chi connectivity index (χ3n) is 3.58. The molecule has 0 spiro atoms. The van der Waals surface area contributed by atoms with Crippen LogP contribution in [0.5, 0.6) is 0 Å². The minimum Gasteiger partial charge on any atom is -0.462 e. The molecule has 0 saturated carbocycles. The second-order valence-electron chi connectivity index (χ2n) is 5.72. The maximum Gasteiger partial charge on any atom is 0.190 e. The molecule has 0 saturated heterocycles. The van der Waals surface area contributed by atoms with Crippen LogP contribution in [0.1, 0.15) is 40.5 Å². The first-order valence-corrected chi connectivity index (χ1v) is 7.40. The molecule has 0 N–H and O–H groups in total. The van der Waals surface area contributed by atoms with Crippen molar-refractivity contribution >= 4 is 6.21 Å². The van der Waals surface area contributed by atoms with E-state index in [1.807, 2.05) is 34.0 Å². The zero-order valence-electron chi connectivity index (χ0n) is 14.0. The zero-order chi connectivity index (χ0) is 15.3. The Kier molecular flexibility index (Phi) is 6.05. The number of allylic oxidation sites excluding steroid dienone is 5. The van der Waals surface area contributed by atoms with Crippen LogP contribution in [0.3, 0.4) is 0 Å². The van der Waals surface area contributed by atoms with Crippen LogP contribution in [0.25, 0.3) is 0 Å². The summed E-state index contributed by atoms with van der Waals surface area (Å²) < 4.78 is 8.19. The molecule has 1 rings (SSSR count). The van der Waals surface area contributed by atoms with Gasteiger partial charge in [0.05, 0.1) is 5.70 Å². The maximum atomic E-state index is 6.12. The van der Waals surface area contributed by atoms with Crippen molar-refractivity contribution in [1.82, 2.24) is 4.90 Å². The predicted molar refractivity (Wildman–Crippen MR) is 85.6 cm³/mol. The van der Waals surface area contributed by atoms with Gasteiger partial charge in [0.25, 0.3) is 0 Å². The summed E-state index contributed by atoms with van der Waals surface area (Å²) >= 11 is 0. The Morgan fingerprint density at radius 2 is 1.95 bits per heavy atom. The van der Waals surface area contributed by atoms with E-state index in [-0.39, 0.29) is 0 Å². The largest absolute Gasteiger partial charge is 0.462 e. The van der Waals surface area contributed by atoms with E-state index in [0.29, 0.717) is 5.92 Å². The molecule has 0 radical (unpaired) electrons. The number of likely N-dealkylation sites (N-methyl/N-ethyl adjacent to an activating group) is 1. The highest BCUT2D eigenvalue weighted by molar-refractivity contribution is 5.75. The average Bonchev–Trinajstić information content (AvgIpc) is 2.38. The van der Waals surface area contributed by atoms with Crippen LogP contribution >= 0.6 is 0 Å². The van der Waals surface area contributed by atoms with Gasteiger partial charge in [0.1, 0.15) is 31.3 Å². The predicted octanol–water partition coefficient (Wildman–Crippen LogP) is 3.75. The molecule has 0 bridgehead atoms. The van der Waals surface area contributed by atoms with Gasteiger partial charge in [0.2, 0.25) is 0 Å². The minimum atomic E-state index is 0.625. The molecular weight excluding hydrogens is 248 g/mol. The van der Waals surface area contributed by atoms with E-state index in [2.05, 4.69) is 42.7 Å². The molecule has 0 aromatic carbocycles. The molecule has 3 heteroatoms. The summed E-state index contributed by atoms with van der Waals surface area (Å²) in [5.41, 5.74) is 2.27. The first-order chi connectivity index (χ1) is 9.40. The van der Waals surface area contributed by atoms with Crippen molar-refractivity contribution < 1.29 is 9.31 Å². The zero-order valence-corrected chi connectivity index (χ0v) is 14.0. The number of nitrogens with zero attached hydrogens (tertiary/aromatic N) is 2. The van der Waals surface area contributed by atoms with E-state index >= 15 is 0 Å². The van der Waals surface area contributed by atoms with Crippen molar-refractivity contribution in [2.24, 2.45) is 5.92 Å². The van der Waals surface area contributed by atoms with Crippen LogP contribution in [0.4, 0.5) is 0 Å². The Bertz CT molecular complexity index is 465. The fraction of sp³-hybridized carbons (Fsp3) is 0.588. The molecule has 0 fully saturated rings. The highest BCUT2D eigenvalue weighted by atomic mass is 16.5. The van der Waals surface area contributed by atoms with Crippen molar-refractivity contribution in [3.8, 4) is 0 Å². The number of rotatable bonds is 5. The van der Waals surface area contributed by atoms with Crippen LogP contribution in [-0.2, 0) is 4.74 Å². The average molecular weight is 277 g/mol. The number of ether oxygens (including phenoxy) is 1. The van der Waals surface area contributed by atoms with Gasteiger partial charge < -0.3 is 9.64 Å². The molecule has 0 amide bonds. The van der Waals surface area contributed by atoms with Gasteiger partial charge in [-0.1, -0.05) is 26.3 Å². The first kappa shape index (κ1) is 16.5. The molecule has 1 atom stereocenters. The van der Waals surface area contributed by atoms with Gasteiger partial charge in [0.15, 0.2) is 6.21 Å². The van der Waals surface area contributed by atoms with E-state index in [0.717, 1.165) is 35.8 Å². The second kappa shape index (κ2) is 7.32. The highest BCUT2D eigenvalue weighted by Crippen LogP contribution is 2.30. The van der Waals surface area contributed by atoms with E-state index in [9.17, 15) is 0 Å². The maximum absolute atomic E-state index is 6.12. The Hall–Kier alpha value is -1.51. The van der Waals surface area contributed by atoms with Crippen molar-refractivity contribution in [2.75, 3.05) is 21.1 Å². The monoisotopic (exact) mass is 277 g/mol. The van der Waals surface area contributed by atoms with Gasteiger partial charge in [0, 0.05) is 13.5 Å². The summed E-state index contributed by atoms with van der Waals surface area (Å²) in [5, 5.41) is 0. The highest BCUT2D eigenvalue weighted by Gasteiger charge is 2.25. The quantitative estimate of drug-likeness (QED) is 0.562. The van der Waals surface area contributed by atoms with Crippen LogP contribution in [0.15, 0.2) is 35.1 Å². The lowest BCUT2D eigenvalue weighted by Gasteiger charge is -2.30. The van der Waals surface area contributed by atoms with Crippen molar-refractivity contribution in [3.63, 3.8) is 0 Å². The standard InChI is InChI=1S/C17H29N2O/c1-8-10-15-14(4)20-17(11-13(3)9-2)16(19(15)7)12-18(5)6/h8,10,12-13H,9,11H2,1-7H3/q+1. The van der Waals surface area contributed by atoms with Gasteiger partial charge in [-0.15, -0.1) is 0 Å². The molecule has 1 aliphatic heterocycles. The van der Waals surface area contributed by atoms with E-state index < -0.39 is 0 Å². The summed E-state index contributed by atoms with van der Waals surface area (Å²) in [6.45, 7) is 8.56. The SMILES string of the molecule is CC=CC1=C(C)OC(CC(C)CC)=C(C=[N+](C)C)N1C. The van der Waals surface area contributed by atoms with Gasteiger partial charge in [-0.3, -0.25) is 0 Å². The van der Waals surface area contributed by atoms with Crippen LogP contribution in [0, 0.1) is 5.92 Å². The molecule has 112 valence electrons. The molecule has 0 aliphatic carbocycles. The van der Waals surface area contributed by atoms with E-state index in [1.54, 1.807) is 0 Å². The second-order valence-corrected chi connectivity index (χ2v) is 5.72.